The molecule has 0 aliphatic rings. The number of carbonyl (C=O) groups is 3. The Labute approximate surface area is 484 Å². The summed E-state index contributed by atoms with van der Waals surface area (Å²) >= 11 is 0. The van der Waals surface area contributed by atoms with Gasteiger partial charge >= 0.3 is 17.9 Å². The van der Waals surface area contributed by atoms with Gasteiger partial charge in [0.25, 0.3) is 0 Å². The van der Waals surface area contributed by atoms with Crippen LogP contribution in [0.15, 0.2) is 182 Å². The second-order valence-electron chi connectivity index (χ2n) is 19.9. The lowest BCUT2D eigenvalue weighted by Gasteiger charge is -2.18. The summed E-state index contributed by atoms with van der Waals surface area (Å²) in [6.07, 6.45) is 97.8. The van der Waals surface area contributed by atoms with E-state index in [4.69, 9.17) is 14.2 Å². The molecule has 0 amide bonds. The van der Waals surface area contributed by atoms with Crippen molar-refractivity contribution in [2.75, 3.05) is 13.2 Å². The first kappa shape index (κ1) is 73.5. The van der Waals surface area contributed by atoms with Gasteiger partial charge in [0.2, 0.25) is 0 Å². The topological polar surface area (TPSA) is 78.9 Å². The fourth-order valence-electron chi connectivity index (χ4n) is 7.80. The van der Waals surface area contributed by atoms with E-state index in [1.165, 1.54) is 38.5 Å². The number of hydrogen-bond donors (Lipinski definition) is 0. The molecule has 0 aromatic heterocycles. The van der Waals surface area contributed by atoms with Gasteiger partial charge in [0.05, 0.1) is 0 Å². The number of carbonyl (C=O) groups excluding carboxylic acids is 3. The molecule has 0 rings (SSSR count). The first-order valence-electron chi connectivity index (χ1n) is 31.3. The maximum atomic E-state index is 12.8. The summed E-state index contributed by atoms with van der Waals surface area (Å²) < 4.78 is 16.7. The Morgan fingerprint density at radius 1 is 0.266 bits per heavy atom. The van der Waals surface area contributed by atoms with Crippen LogP contribution in [0.2, 0.25) is 0 Å². The van der Waals surface area contributed by atoms with Crippen molar-refractivity contribution in [2.24, 2.45) is 0 Å². The van der Waals surface area contributed by atoms with Crippen molar-refractivity contribution < 1.29 is 28.6 Å². The number of ether oxygens (including phenoxy) is 3. The fraction of sp³-hybridized carbons (Fsp3) is 0.548. The molecule has 0 aliphatic heterocycles. The van der Waals surface area contributed by atoms with Gasteiger partial charge in [-0.25, -0.2) is 0 Å². The summed E-state index contributed by atoms with van der Waals surface area (Å²) in [4.78, 5) is 38.0. The monoisotopic (exact) mass is 1080 g/mol. The zero-order valence-corrected chi connectivity index (χ0v) is 50.3. The van der Waals surface area contributed by atoms with Crippen molar-refractivity contribution in [3.8, 4) is 0 Å². The molecule has 0 saturated heterocycles. The number of rotatable bonds is 54. The van der Waals surface area contributed by atoms with Crippen molar-refractivity contribution in [2.45, 2.75) is 245 Å². The molecule has 79 heavy (non-hydrogen) atoms. The highest BCUT2D eigenvalue weighted by Crippen LogP contribution is 2.13. The average Bonchev–Trinajstić information content (AvgIpc) is 3.45. The molecule has 0 bridgehead atoms. The van der Waals surface area contributed by atoms with Crippen LogP contribution in [-0.4, -0.2) is 37.2 Å². The van der Waals surface area contributed by atoms with Gasteiger partial charge in [0.15, 0.2) is 6.10 Å². The van der Waals surface area contributed by atoms with E-state index in [0.717, 1.165) is 154 Å². The van der Waals surface area contributed by atoms with Gasteiger partial charge in [-0.3, -0.25) is 14.4 Å². The van der Waals surface area contributed by atoms with E-state index in [9.17, 15) is 14.4 Å². The van der Waals surface area contributed by atoms with Gasteiger partial charge in [0, 0.05) is 19.3 Å². The summed E-state index contributed by atoms with van der Waals surface area (Å²) in [6.45, 7) is 6.29. The molecule has 6 nitrogen and oxygen atoms in total. The SMILES string of the molecule is CC/C=C\C/C=C\C/C=C\C/C=C\C/C=C\C/C=C\C/C=C\C/C=C\CCCCCCCCC(=O)OCC(COC(=O)CCCCCCCCC)OC(=O)CCC/C=C\C/C=C\C/C=C\C/C=C\C/C=C\C/C=C\C/C=C\CC. The van der Waals surface area contributed by atoms with E-state index in [0.29, 0.717) is 19.3 Å². The zero-order chi connectivity index (χ0) is 57.1. The number of unbranched alkanes of at least 4 members (excludes halogenated alkanes) is 13. The normalized spacial score (nSPS) is 13.4. The third kappa shape index (κ3) is 63.2. The first-order valence-corrected chi connectivity index (χ1v) is 31.3. The Balaban J connectivity index is 4.32. The van der Waals surface area contributed by atoms with Gasteiger partial charge in [-0.05, 0) is 135 Å². The van der Waals surface area contributed by atoms with E-state index in [1.54, 1.807) is 0 Å². The van der Waals surface area contributed by atoms with Crippen LogP contribution in [0.4, 0.5) is 0 Å². The maximum absolute atomic E-state index is 12.8. The highest BCUT2D eigenvalue weighted by Gasteiger charge is 2.19. The van der Waals surface area contributed by atoms with Crippen LogP contribution in [0.5, 0.6) is 0 Å². The Bertz CT molecular complexity index is 1870. The quantitative estimate of drug-likeness (QED) is 0.0261. The van der Waals surface area contributed by atoms with Crippen molar-refractivity contribution in [1.29, 1.82) is 0 Å². The molecule has 1 unspecified atom stereocenters. The van der Waals surface area contributed by atoms with E-state index in [-0.39, 0.29) is 37.5 Å². The lowest BCUT2D eigenvalue weighted by atomic mass is 10.1. The summed E-state index contributed by atoms with van der Waals surface area (Å²) in [5.74, 6) is -1.01. The predicted molar refractivity (Wildman–Crippen MR) is 343 cm³/mol. The van der Waals surface area contributed by atoms with Gasteiger partial charge in [-0.15, -0.1) is 0 Å². The molecule has 0 radical (unpaired) electrons. The van der Waals surface area contributed by atoms with Gasteiger partial charge in [-0.2, -0.15) is 0 Å². The smallest absolute Gasteiger partial charge is 0.306 e. The highest BCUT2D eigenvalue weighted by atomic mass is 16.6. The highest BCUT2D eigenvalue weighted by molar-refractivity contribution is 5.71. The largest absolute Gasteiger partial charge is 0.462 e. The Hall–Kier alpha value is -5.49. The van der Waals surface area contributed by atoms with E-state index >= 15 is 0 Å². The molecule has 0 aromatic carbocycles. The van der Waals surface area contributed by atoms with Crippen molar-refractivity contribution in [3.05, 3.63) is 182 Å². The summed E-state index contributed by atoms with van der Waals surface area (Å²) in [5.41, 5.74) is 0. The number of hydrogen-bond acceptors (Lipinski definition) is 6. The molecule has 0 spiro atoms. The van der Waals surface area contributed by atoms with E-state index < -0.39 is 6.10 Å². The molecule has 1 atom stereocenters. The third-order valence-corrected chi connectivity index (χ3v) is 12.4. The molecule has 0 aromatic rings. The molecular weight excluding hydrogens is 973 g/mol. The standard InChI is InChI=1S/C73H112O6/c1-4-7-10-13-16-18-20-22-24-26-28-30-32-33-34-35-36-37-38-39-41-42-44-46-48-50-52-54-57-60-63-66-72(75)78-69-70(68-77-71(74)65-62-59-56-15-12-9-6-3)79-73(76)67-64-61-58-55-53-51-49-47-45-43-40-31-29-27-25-23-21-19-17-14-11-8-5-2/h7-8,10-11,16-19,22-25,28-31,33-34,36-37,39,41,43-46,49,51,55,58,70H,4-6,9,12-15,20-21,26-27,32,35,38,40,42,47-48,50,52-54,56-57,59-69H2,1-3H3/b10-7-,11-8-,18-16-,19-17-,24-22-,25-23-,30-28-,31-29-,34-33-,37-36-,41-39-,45-43-,46-44-,51-49-,58-55-. The molecule has 0 saturated carbocycles. The molecule has 6 heteroatoms. The second kappa shape index (κ2) is 65.0. The summed E-state index contributed by atoms with van der Waals surface area (Å²) in [6, 6.07) is 0. The van der Waals surface area contributed by atoms with Crippen molar-refractivity contribution in [3.63, 3.8) is 0 Å². The predicted octanol–water partition coefficient (Wildman–Crippen LogP) is 21.7. The van der Waals surface area contributed by atoms with Crippen LogP contribution in [0.3, 0.4) is 0 Å². The first-order chi connectivity index (χ1) is 39.0. The van der Waals surface area contributed by atoms with Crippen molar-refractivity contribution >= 4 is 17.9 Å². The van der Waals surface area contributed by atoms with Crippen LogP contribution < -0.4 is 0 Å². The van der Waals surface area contributed by atoms with Crippen molar-refractivity contribution in [1.82, 2.24) is 0 Å². The Morgan fingerprint density at radius 3 is 0.810 bits per heavy atom. The lowest BCUT2D eigenvalue weighted by molar-refractivity contribution is -0.167. The molecule has 0 fully saturated rings. The maximum Gasteiger partial charge on any atom is 0.306 e. The van der Waals surface area contributed by atoms with Crippen LogP contribution in [0.1, 0.15) is 239 Å². The number of allylic oxidation sites excluding steroid dienone is 30. The van der Waals surface area contributed by atoms with Crippen LogP contribution in [-0.2, 0) is 28.6 Å². The molecule has 0 heterocycles. The zero-order valence-electron chi connectivity index (χ0n) is 50.3. The Morgan fingerprint density at radius 2 is 0.506 bits per heavy atom. The molecule has 0 aliphatic carbocycles. The van der Waals surface area contributed by atoms with Crippen LogP contribution in [0, 0.1) is 0 Å². The minimum absolute atomic E-state index is 0.114. The van der Waals surface area contributed by atoms with Gasteiger partial charge < -0.3 is 14.2 Å². The molecule has 0 N–H and O–H groups in total. The molecular formula is C73H112O6. The number of esters is 3. The fourth-order valence-corrected chi connectivity index (χ4v) is 7.80. The minimum Gasteiger partial charge on any atom is -0.462 e. The summed E-state index contributed by atoms with van der Waals surface area (Å²) in [5, 5.41) is 0. The van der Waals surface area contributed by atoms with E-state index in [2.05, 4.69) is 203 Å². The lowest BCUT2D eigenvalue weighted by Crippen LogP contribution is -2.30. The molecule has 440 valence electrons. The van der Waals surface area contributed by atoms with Gasteiger partial charge in [-0.1, -0.05) is 267 Å². The summed E-state index contributed by atoms with van der Waals surface area (Å²) in [7, 11) is 0. The third-order valence-electron chi connectivity index (χ3n) is 12.4. The van der Waals surface area contributed by atoms with Crippen LogP contribution >= 0.6 is 0 Å². The Kier molecular flexibility index (Phi) is 60.5. The van der Waals surface area contributed by atoms with E-state index in [1.807, 2.05) is 0 Å². The van der Waals surface area contributed by atoms with Crippen LogP contribution in [0.25, 0.3) is 0 Å². The minimum atomic E-state index is -0.823. The average molecular weight is 1090 g/mol. The van der Waals surface area contributed by atoms with Gasteiger partial charge in [0.1, 0.15) is 13.2 Å². The second-order valence-corrected chi connectivity index (χ2v) is 19.9.